The van der Waals surface area contributed by atoms with Gasteiger partial charge in [-0.1, -0.05) is 55.6 Å². The van der Waals surface area contributed by atoms with Crippen LogP contribution in [0.2, 0.25) is 5.02 Å². The van der Waals surface area contributed by atoms with Crippen LogP contribution in [0, 0.1) is 6.92 Å². The van der Waals surface area contributed by atoms with Gasteiger partial charge in [0, 0.05) is 15.5 Å². The molecule has 0 radical (unpaired) electrons. The van der Waals surface area contributed by atoms with Gasteiger partial charge in [-0.15, -0.1) is 0 Å². The van der Waals surface area contributed by atoms with Crippen molar-refractivity contribution < 1.29 is 0 Å². The number of hydrogen-bond acceptors (Lipinski definition) is 1. The van der Waals surface area contributed by atoms with Crippen molar-refractivity contribution in [3.63, 3.8) is 0 Å². The van der Waals surface area contributed by atoms with E-state index in [1.165, 1.54) is 11.1 Å². The third-order valence-corrected chi connectivity index (χ3v) is 4.32. The van der Waals surface area contributed by atoms with Gasteiger partial charge in [0.25, 0.3) is 0 Å². The molecule has 0 saturated heterocycles. The van der Waals surface area contributed by atoms with Gasteiger partial charge in [0.1, 0.15) is 0 Å². The zero-order chi connectivity index (χ0) is 13.1. The average molecular weight is 390 g/mol. The fourth-order valence-corrected chi connectivity index (χ4v) is 2.55. The highest BCUT2D eigenvalue weighted by Crippen LogP contribution is 2.26. The summed E-state index contributed by atoms with van der Waals surface area (Å²) >= 11 is 13.1. The van der Waals surface area contributed by atoms with Crippen molar-refractivity contribution >= 4 is 49.1 Å². The molecule has 2 rings (SSSR count). The van der Waals surface area contributed by atoms with Crippen LogP contribution in [0.3, 0.4) is 0 Å². The third kappa shape index (κ3) is 3.50. The molecule has 0 spiro atoms. The fourth-order valence-electron chi connectivity index (χ4n) is 1.58. The molecule has 4 heteroatoms. The molecule has 1 N–H and O–H groups in total. The monoisotopic (exact) mass is 387 g/mol. The summed E-state index contributed by atoms with van der Waals surface area (Å²) in [5, 5.41) is 4.06. The van der Waals surface area contributed by atoms with Crippen LogP contribution in [-0.2, 0) is 6.54 Å². The number of hydrogen-bond donors (Lipinski definition) is 1. The SMILES string of the molecule is Cc1ccc(CNc2cc(Br)ccc2Cl)cc1Br. The van der Waals surface area contributed by atoms with Gasteiger partial charge in [0.15, 0.2) is 0 Å². The van der Waals surface area contributed by atoms with E-state index in [4.69, 9.17) is 11.6 Å². The smallest absolute Gasteiger partial charge is 0.0638 e. The molecule has 0 fully saturated rings. The zero-order valence-corrected chi connectivity index (χ0v) is 13.7. The molecule has 2 aromatic rings. The first-order chi connectivity index (χ1) is 8.56. The Labute approximate surface area is 129 Å². The van der Waals surface area contributed by atoms with E-state index in [-0.39, 0.29) is 0 Å². The second kappa shape index (κ2) is 6.09. The Kier molecular flexibility index (Phi) is 4.71. The highest BCUT2D eigenvalue weighted by atomic mass is 79.9. The molecule has 0 aliphatic heterocycles. The Morgan fingerprint density at radius 2 is 1.89 bits per heavy atom. The van der Waals surface area contributed by atoms with Crippen LogP contribution < -0.4 is 5.32 Å². The number of benzene rings is 2. The average Bonchev–Trinajstić information content (AvgIpc) is 2.34. The lowest BCUT2D eigenvalue weighted by Crippen LogP contribution is -2.00. The molecule has 0 atom stereocenters. The maximum Gasteiger partial charge on any atom is 0.0638 e. The van der Waals surface area contributed by atoms with Gasteiger partial charge in [-0.3, -0.25) is 0 Å². The van der Waals surface area contributed by atoms with Gasteiger partial charge in [-0.2, -0.15) is 0 Å². The molecule has 0 aliphatic carbocycles. The minimum absolute atomic E-state index is 0.726. The molecule has 2 aromatic carbocycles. The van der Waals surface area contributed by atoms with Crippen molar-refractivity contribution in [1.82, 2.24) is 0 Å². The van der Waals surface area contributed by atoms with E-state index in [2.05, 4.69) is 62.3 Å². The molecule has 0 aliphatic rings. The Balaban J connectivity index is 2.11. The van der Waals surface area contributed by atoms with E-state index in [0.717, 1.165) is 26.2 Å². The second-order valence-corrected chi connectivity index (χ2v) is 6.24. The van der Waals surface area contributed by atoms with Crippen molar-refractivity contribution in [3.05, 3.63) is 61.5 Å². The summed E-state index contributed by atoms with van der Waals surface area (Å²) in [7, 11) is 0. The van der Waals surface area contributed by atoms with Gasteiger partial charge in [0.05, 0.1) is 10.7 Å². The van der Waals surface area contributed by atoms with Crippen molar-refractivity contribution in [2.75, 3.05) is 5.32 Å². The molecular formula is C14H12Br2ClN. The maximum atomic E-state index is 6.13. The van der Waals surface area contributed by atoms with Gasteiger partial charge in [0.2, 0.25) is 0 Å². The van der Waals surface area contributed by atoms with E-state index >= 15 is 0 Å². The maximum absolute atomic E-state index is 6.13. The first-order valence-corrected chi connectivity index (χ1v) is 7.46. The van der Waals surface area contributed by atoms with E-state index < -0.39 is 0 Å². The van der Waals surface area contributed by atoms with E-state index in [0.29, 0.717) is 0 Å². The van der Waals surface area contributed by atoms with Crippen LogP contribution in [0.25, 0.3) is 0 Å². The molecule has 0 bridgehead atoms. The lowest BCUT2D eigenvalue weighted by molar-refractivity contribution is 1.14. The van der Waals surface area contributed by atoms with Crippen LogP contribution in [-0.4, -0.2) is 0 Å². The van der Waals surface area contributed by atoms with Crippen LogP contribution in [0.15, 0.2) is 45.3 Å². The van der Waals surface area contributed by atoms with Crippen LogP contribution in [0.1, 0.15) is 11.1 Å². The molecule has 0 unspecified atom stereocenters. The minimum atomic E-state index is 0.726. The molecule has 0 aromatic heterocycles. The number of halogens is 3. The molecular weight excluding hydrogens is 377 g/mol. The second-order valence-electron chi connectivity index (χ2n) is 4.06. The standard InChI is InChI=1S/C14H12Br2ClN/c1-9-2-3-10(6-12(9)16)8-18-14-7-11(15)4-5-13(14)17/h2-7,18H,8H2,1H3. The predicted molar refractivity (Wildman–Crippen MR) is 85.4 cm³/mol. The van der Waals surface area contributed by atoms with Gasteiger partial charge in [-0.25, -0.2) is 0 Å². The molecule has 0 heterocycles. The minimum Gasteiger partial charge on any atom is -0.380 e. The summed E-state index contributed by atoms with van der Waals surface area (Å²) in [4.78, 5) is 0. The van der Waals surface area contributed by atoms with Crippen molar-refractivity contribution in [1.29, 1.82) is 0 Å². The van der Waals surface area contributed by atoms with E-state index in [9.17, 15) is 0 Å². The topological polar surface area (TPSA) is 12.0 Å². The summed E-state index contributed by atoms with van der Waals surface area (Å²) in [6.07, 6.45) is 0. The lowest BCUT2D eigenvalue weighted by atomic mass is 10.1. The molecule has 0 amide bonds. The first kappa shape index (κ1) is 13.9. The summed E-state index contributed by atoms with van der Waals surface area (Å²) in [5.41, 5.74) is 3.38. The van der Waals surface area contributed by atoms with Crippen molar-refractivity contribution in [2.45, 2.75) is 13.5 Å². The zero-order valence-electron chi connectivity index (χ0n) is 9.81. The summed E-state index contributed by atoms with van der Waals surface area (Å²) < 4.78 is 2.14. The third-order valence-electron chi connectivity index (χ3n) is 2.65. The summed E-state index contributed by atoms with van der Waals surface area (Å²) in [6, 6.07) is 12.1. The number of anilines is 1. The largest absolute Gasteiger partial charge is 0.380 e. The van der Waals surface area contributed by atoms with E-state index in [1.807, 2.05) is 18.2 Å². The Morgan fingerprint density at radius 1 is 1.11 bits per heavy atom. The number of nitrogens with one attached hydrogen (secondary N) is 1. The molecule has 18 heavy (non-hydrogen) atoms. The fraction of sp³-hybridized carbons (Fsp3) is 0.143. The van der Waals surface area contributed by atoms with Crippen molar-refractivity contribution in [2.24, 2.45) is 0 Å². The molecule has 94 valence electrons. The van der Waals surface area contributed by atoms with Gasteiger partial charge >= 0.3 is 0 Å². The van der Waals surface area contributed by atoms with Crippen LogP contribution in [0.5, 0.6) is 0 Å². The first-order valence-electron chi connectivity index (χ1n) is 5.50. The quantitative estimate of drug-likeness (QED) is 0.701. The summed E-state index contributed by atoms with van der Waals surface area (Å²) in [6.45, 7) is 2.82. The molecule has 0 saturated carbocycles. The lowest BCUT2D eigenvalue weighted by Gasteiger charge is -2.10. The van der Waals surface area contributed by atoms with Gasteiger partial charge < -0.3 is 5.32 Å². The van der Waals surface area contributed by atoms with Gasteiger partial charge in [-0.05, 0) is 42.3 Å². The van der Waals surface area contributed by atoms with E-state index in [1.54, 1.807) is 0 Å². The molecule has 1 nitrogen and oxygen atoms in total. The Bertz CT molecular complexity index is 570. The summed E-state index contributed by atoms with van der Waals surface area (Å²) in [5.74, 6) is 0. The van der Waals surface area contributed by atoms with Crippen molar-refractivity contribution in [3.8, 4) is 0 Å². The Morgan fingerprint density at radius 3 is 2.61 bits per heavy atom. The van der Waals surface area contributed by atoms with Crippen LogP contribution >= 0.6 is 43.5 Å². The normalized spacial score (nSPS) is 10.4. The number of aryl methyl sites for hydroxylation is 1. The highest BCUT2D eigenvalue weighted by molar-refractivity contribution is 9.10. The predicted octanol–water partition coefficient (Wildman–Crippen LogP) is 5.79. The highest BCUT2D eigenvalue weighted by Gasteiger charge is 2.02. The van der Waals surface area contributed by atoms with Crippen LogP contribution in [0.4, 0.5) is 5.69 Å². The number of rotatable bonds is 3. The Hall–Kier alpha value is -0.510.